The Morgan fingerprint density at radius 1 is 0.593 bits per heavy atom. The Morgan fingerprint density at radius 2 is 0.926 bits per heavy atom. The van der Waals surface area contributed by atoms with E-state index in [4.69, 9.17) is 13.9 Å². The Labute approximate surface area is 178 Å². The SMILES string of the molecule is COC(CCCCCCCCCCCCCCCCCCS)(CO[SiH3])OC. The topological polar surface area (TPSA) is 27.7 Å². The van der Waals surface area contributed by atoms with E-state index in [1.165, 1.54) is 96.3 Å². The second-order valence-corrected chi connectivity index (χ2v) is 8.91. The smallest absolute Gasteiger partial charge is 0.189 e. The summed E-state index contributed by atoms with van der Waals surface area (Å²) in [7, 11) is 4.16. The van der Waals surface area contributed by atoms with Crippen molar-refractivity contribution < 1.29 is 13.9 Å². The molecule has 0 aliphatic rings. The fourth-order valence-electron chi connectivity index (χ4n) is 3.68. The molecule has 0 heterocycles. The maximum absolute atomic E-state index is 5.53. The molecule has 0 aliphatic carbocycles. The molecule has 0 rings (SSSR count). The number of ether oxygens (including phenoxy) is 2. The van der Waals surface area contributed by atoms with Gasteiger partial charge in [0.15, 0.2) is 5.79 Å². The quantitative estimate of drug-likeness (QED) is 0.103. The maximum Gasteiger partial charge on any atom is 0.189 e. The van der Waals surface area contributed by atoms with Gasteiger partial charge >= 0.3 is 0 Å². The van der Waals surface area contributed by atoms with Crippen molar-refractivity contribution in [3.8, 4) is 0 Å². The predicted molar refractivity (Wildman–Crippen MR) is 125 cm³/mol. The van der Waals surface area contributed by atoms with Crippen molar-refractivity contribution in [1.82, 2.24) is 0 Å². The van der Waals surface area contributed by atoms with E-state index < -0.39 is 5.79 Å². The van der Waals surface area contributed by atoms with Gasteiger partial charge in [-0.25, -0.2) is 0 Å². The van der Waals surface area contributed by atoms with Crippen molar-refractivity contribution in [3.05, 3.63) is 0 Å². The molecule has 0 saturated carbocycles. The van der Waals surface area contributed by atoms with Gasteiger partial charge in [0.1, 0.15) is 10.5 Å². The van der Waals surface area contributed by atoms with Crippen LogP contribution in [0.5, 0.6) is 0 Å². The van der Waals surface area contributed by atoms with Gasteiger partial charge in [0, 0.05) is 20.6 Å². The molecule has 0 aromatic rings. The van der Waals surface area contributed by atoms with E-state index in [1.54, 1.807) is 14.2 Å². The molecule has 0 aliphatic heterocycles. The van der Waals surface area contributed by atoms with E-state index in [-0.39, 0.29) is 0 Å². The molecule has 0 fully saturated rings. The maximum atomic E-state index is 5.53. The standard InChI is InChI=1S/C22H48O3SSi/c1-23-22(24-2,21-25-27)19-17-15-13-11-9-7-5-3-4-6-8-10-12-14-16-18-20-26/h26H,3-21H2,1-2,27H3. The average Bonchev–Trinajstić information content (AvgIpc) is 2.69. The monoisotopic (exact) mass is 420 g/mol. The Kier molecular flexibility index (Phi) is 21.5. The Morgan fingerprint density at radius 3 is 1.22 bits per heavy atom. The third kappa shape index (κ3) is 17.1. The highest BCUT2D eigenvalue weighted by Crippen LogP contribution is 2.21. The summed E-state index contributed by atoms with van der Waals surface area (Å²) in [6, 6.07) is 0. The van der Waals surface area contributed by atoms with Crippen molar-refractivity contribution in [1.29, 1.82) is 0 Å². The highest BCUT2D eigenvalue weighted by atomic mass is 32.1. The van der Waals surface area contributed by atoms with Gasteiger partial charge in [-0.3, -0.25) is 0 Å². The molecule has 0 atom stereocenters. The number of hydrogen-bond acceptors (Lipinski definition) is 4. The lowest BCUT2D eigenvalue weighted by Gasteiger charge is -2.30. The average molecular weight is 421 g/mol. The Balaban J connectivity index is 3.27. The van der Waals surface area contributed by atoms with Crippen LogP contribution in [-0.2, 0) is 13.9 Å². The fraction of sp³-hybridized carbons (Fsp3) is 1.00. The van der Waals surface area contributed by atoms with Crippen molar-refractivity contribution in [2.24, 2.45) is 0 Å². The largest absolute Gasteiger partial charge is 0.422 e. The first kappa shape index (κ1) is 27.4. The first-order valence-corrected chi connectivity index (χ1v) is 12.9. The van der Waals surface area contributed by atoms with E-state index in [9.17, 15) is 0 Å². The molecule has 0 radical (unpaired) electrons. The van der Waals surface area contributed by atoms with Crippen molar-refractivity contribution in [2.75, 3.05) is 26.6 Å². The van der Waals surface area contributed by atoms with Crippen molar-refractivity contribution in [2.45, 2.75) is 115 Å². The summed E-state index contributed by atoms with van der Waals surface area (Å²) in [5.74, 6) is 0.534. The lowest BCUT2D eigenvalue weighted by atomic mass is 10.0. The van der Waals surface area contributed by atoms with Gasteiger partial charge in [-0.15, -0.1) is 0 Å². The number of thiol groups is 1. The summed E-state index contributed by atoms with van der Waals surface area (Å²) in [5, 5.41) is 0. The minimum Gasteiger partial charge on any atom is -0.422 e. The summed E-state index contributed by atoms with van der Waals surface area (Å²) >= 11 is 4.26. The van der Waals surface area contributed by atoms with Crippen LogP contribution in [0.4, 0.5) is 0 Å². The second kappa shape index (κ2) is 21.2. The number of unbranched alkanes of at least 4 members (excludes halogenated alkanes) is 15. The van der Waals surface area contributed by atoms with Gasteiger partial charge in [-0.1, -0.05) is 89.9 Å². The lowest BCUT2D eigenvalue weighted by molar-refractivity contribution is -0.226. The Bertz CT molecular complexity index is 289. The van der Waals surface area contributed by atoms with Crippen LogP contribution in [0.3, 0.4) is 0 Å². The van der Waals surface area contributed by atoms with Gasteiger partial charge in [-0.05, 0) is 18.6 Å². The third-order valence-corrected chi connectivity index (χ3v) is 6.18. The van der Waals surface area contributed by atoms with Gasteiger partial charge in [0.2, 0.25) is 0 Å². The molecule has 0 aromatic carbocycles. The summed E-state index contributed by atoms with van der Waals surface area (Å²) in [5.41, 5.74) is 0. The first-order chi connectivity index (χ1) is 13.2. The molecule has 3 nitrogen and oxygen atoms in total. The van der Waals surface area contributed by atoms with Crippen LogP contribution in [-0.4, -0.2) is 42.9 Å². The van der Waals surface area contributed by atoms with Crippen LogP contribution >= 0.6 is 12.6 Å². The molecule has 0 spiro atoms. The van der Waals surface area contributed by atoms with Gasteiger partial charge in [0.25, 0.3) is 0 Å². The van der Waals surface area contributed by atoms with Crippen LogP contribution in [0.25, 0.3) is 0 Å². The van der Waals surface area contributed by atoms with E-state index in [2.05, 4.69) is 12.6 Å². The lowest BCUT2D eigenvalue weighted by Crippen LogP contribution is -2.38. The normalized spacial score (nSPS) is 12.1. The first-order valence-electron chi connectivity index (χ1n) is 11.4. The second-order valence-electron chi connectivity index (χ2n) is 7.88. The predicted octanol–water partition coefficient (Wildman–Crippen LogP) is 5.83. The van der Waals surface area contributed by atoms with Gasteiger partial charge < -0.3 is 13.9 Å². The highest BCUT2D eigenvalue weighted by molar-refractivity contribution is 7.80. The van der Waals surface area contributed by atoms with Gasteiger partial charge in [0.05, 0.1) is 6.61 Å². The minimum atomic E-state index is -0.520. The molecular weight excluding hydrogens is 372 g/mol. The van der Waals surface area contributed by atoms with E-state index in [1.807, 2.05) is 0 Å². The van der Waals surface area contributed by atoms with Crippen LogP contribution in [0.15, 0.2) is 0 Å². The molecule has 0 unspecified atom stereocenters. The van der Waals surface area contributed by atoms with Crippen LogP contribution in [0, 0.1) is 0 Å². The summed E-state index contributed by atoms with van der Waals surface area (Å²) in [4.78, 5) is 0. The van der Waals surface area contributed by atoms with Crippen LogP contribution in [0.2, 0.25) is 0 Å². The number of hydrogen-bond donors (Lipinski definition) is 1. The molecule has 27 heavy (non-hydrogen) atoms. The van der Waals surface area contributed by atoms with E-state index in [0.29, 0.717) is 6.61 Å². The molecule has 0 N–H and O–H groups in total. The zero-order chi connectivity index (χ0) is 20.1. The molecule has 164 valence electrons. The fourth-order valence-corrected chi connectivity index (χ4v) is 4.34. The number of methoxy groups -OCH3 is 2. The molecule has 0 bridgehead atoms. The molecule has 0 saturated heterocycles. The van der Waals surface area contributed by atoms with Crippen molar-refractivity contribution >= 4 is 23.1 Å². The summed E-state index contributed by atoms with van der Waals surface area (Å²) < 4.78 is 16.4. The molecule has 0 amide bonds. The Hall–Kier alpha value is 0.447. The molecule has 0 aromatic heterocycles. The van der Waals surface area contributed by atoms with Crippen molar-refractivity contribution in [3.63, 3.8) is 0 Å². The highest BCUT2D eigenvalue weighted by Gasteiger charge is 2.28. The summed E-state index contributed by atoms with van der Waals surface area (Å²) in [6.07, 6.45) is 23.0. The van der Waals surface area contributed by atoms with Gasteiger partial charge in [-0.2, -0.15) is 12.6 Å². The third-order valence-electron chi connectivity index (χ3n) is 5.57. The number of rotatable bonds is 22. The van der Waals surface area contributed by atoms with E-state index in [0.717, 1.165) is 29.1 Å². The van der Waals surface area contributed by atoms with Crippen LogP contribution < -0.4 is 0 Å². The minimum absolute atomic E-state index is 0.520. The molecule has 5 heteroatoms. The van der Waals surface area contributed by atoms with Crippen LogP contribution in [0.1, 0.15) is 109 Å². The zero-order valence-corrected chi connectivity index (χ0v) is 21.5. The van der Waals surface area contributed by atoms with E-state index >= 15 is 0 Å². The summed E-state index contributed by atoms with van der Waals surface area (Å²) in [6.45, 7) is 0.558. The zero-order valence-electron chi connectivity index (χ0n) is 18.6. The molecular formula is C22H48O3SSi.